The predicted molar refractivity (Wildman–Crippen MR) is 31.2 cm³/mol. The molecular weight excluding hydrogens is 173 g/mol. The van der Waals surface area contributed by atoms with Crippen LogP contribution in [0.4, 0.5) is 0 Å². The molecule has 4 heteroatoms. The molecule has 0 spiro atoms. The van der Waals surface area contributed by atoms with Crippen molar-refractivity contribution < 1.29 is 27.0 Å². The van der Waals surface area contributed by atoms with Crippen molar-refractivity contribution in [2.24, 2.45) is 0 Å². The summed E-state index contributed by atoms with van der Waals surface area (Å²) in [4.78, 5) is 13.7. The summed E-state index contributed by atoms with van der Waals surface area (Å²) in [6.45, 7) is 0. The van der Waals surface area contributed by atoms with Crippen LogP contribution < -0.4 is 0 Å². The van der Waals surface area contributed by atoms with Gasteiger partial charge in [-0.25, -0.2) is 9.78 Å². The Morgan fingerprint density at radius 3 is 2.50 bits per heavy atom. The van der Waals surface area contributed by atoms with Crippen molar-refractivity contribution in [1.82, 2.24) is 4.98 Å². The number of pyridine rings is 1. The Bertz CT molecular complexity index is 212. The van der Waals surface area contributed by atoms with Gasteiger partial charge in [0.15, 0.2) is 0 Å². The van der Waals surface area contributed by atoms with Gasteiger partial charge in [-0.15, -0.1) is 0 Å². The number of nitrogens with zero attached hydrogens (tertiary/aromatic N) is 1. The first kappa shape index (κ1) is 9.14. The monoisotopic (exact) mass is 178 g/mol. The number of aromatic nitrogens is 1. The summed E-state index contributed by atoms with van der Waals surface area (Å²) in [5, 5.41) is 8.32. The second-order valence-electron chi connectivity index (χ2n) is 1.52. The molecule has 53 valence electrons. The summed E-state index contributed by atoms with van der Waals surface area (Å²) in [6.07, 6.45) is 1.45. The number of hydrogen-bond donors (Lipinski definition) is 1. The average Bonchev–Trinajstić information content (AvgIpc) is 1.90. The molecule has 1 aromatic rings. The quantitative estimate of drug-likeness (QED) is 0.646. The molecule has 1 aromatic heterocycles. The Morgan fingerprint density at radius 1 is 1.50 bits per heavy atom. The molecule has 0 saturated heterocycles. The molecule has 1 rings (SSSR count). The van der Waals surface area contributed by atoms with E-state index < -0.39 is 5.97 Å². The number of rotatable bonds is 1. The third-order valence-electron chi connectivity index (χ3n) is 0.884. The third-order valence-corrected chi connectivity index (χ3v) is 0.884. The summed E-state index contributed by atoms with van der Waals surface area (Å²) in [5.74, 6) is -0.990. The van der Waals surface area contributed by atoms with E-state index in [0.717, 1.165) is 0 Å². The van der Waals surface area contributed by atoms with E-state index in [1.54, 1.807) is 12.1 Å². The van der Waals surface area contributed by atoms with Crippen molar-refractivity contribution in [3.63, 3.8) is 0 Å². The van der Waals surface area contributed by atoms with E-state index in [2.05, 4.69) is 4.98 Å². The zero-order valence-electron chi connectivity index (χ0n) is 4.99. The maximum Gasteiger partial charge on any atom is 0.354 e. The van der Waals surface area contributed by atoms with E-state index in [1.807, 2.05) is 0 Å². The predicted octanol–water partition coefficient (Wildman–Crippen LogP) is 0.777. The summed E-state index contributed by atoms with van der Waals surface area (Å²) < 4.78 is 0. The maximum atomic E-state index is 10.1. The Morgan fingerprint density at radius 2 is 2.20 bits per heavy atom. The van der Waals surface area contributed by atoms with Gasteiger partial charge in [0.05, 0.1) is 0 Å². The van der Waals surface area contributed by atoms with E-state index >= 15 is 0 Å². The van der Waals surface area contributed by atoms with Gasteiger partial charge >= 0.3 is 5.97 Å². The first-order chi connectivity index (χ1) is 4.30. The van der Waals surface area contributed by atoms with Crippen molar-refractivity contribution in [1.29, 1.82) is 0 Å². The van der Waals surface area contributed by atoms with Crippen LogP contribution in [0.2, 0.25) is 0 Å². The average molecular weight is 178 g/mol. The maximum absolute atomic E-state index is 10.1. The first-order valence-corrected chi connectivity index (χ1v) is 2.45. The molecule has 0 aliphatic rings. The molecule has 1 radical (unpaired) electrons. The van der Waals surface area contributed by atoms with Gasteiger partial charge in [0.1, 0.15) is 5.69 Å². The minimum absolute atomic E-state index is 0. The molecule has 3 nitrogen and oxygen atoms in total. The topological polar surface area (TPSA) is 50.2 Å². The second-order valence-corrected chi connectivity index (χ2v) is 1.52. The van der Waals surface area contributed by atoms with Crippen molar-refractivity contribution in [2.45, 2.75) is 0 Å². The van der Waals surface area contributed by atoms with Crippen LogP contribution in [-0.2, 0) is 17.1 Å². The SMILES string of the molecule is O=C(O)c1ccccn1.[Mn]. The molecule has 0 atom stereocenters. The largest absolute Gasteiger partial charge is 0.477 e. The van der Waals surface area contributed by atoms with Crippen LogP contribution in [0.3, 0.4) is 0 Å². The van der Waals surface area contributed by atoms with Crippen LogP contribution >= 0.6 is 0 Å². The normalized spacial score (nSPS) is 8.00. The van der Waals surface area contributed by atoms with E-state index in [9.17, 15) is 4.79 Å². The van der Waals surface area contributed by atoms with Crippen LogP contribution in [-0.4, -0.2) is 16.1 Å². The van der Waals surface area contributed by atoms with E-state index in [0.29, 0.717) is 0 Å². The van der Waals surface area contributed by atoms with Gasteiger partial charge in [-0.2, -0.15) is 0 Å². The van der Waals surface area contributed by atoms with Crippen molar-refractivity contribution in [2.75, 3.05) is 0 Å². The van der Waals surface area contributed by atoms with E-state index in [1.165, 1.54) is 12.3 Å². The number of hydrogen-bond acceptors (Lipinski definition) is 2. The standard InChI is InChI=1S/C6H5NO2.Mn/c8-6(9)5-3-1-2-4-7-5;/h1-4H,(H,8,9);. The Kier molecular flexibility index (Phi) is 3.69. The molecule has 10 heavy (non-hydrogen) atoms. The van der Waals surface area contributed by atoms with E-state index in [4.69, 9.17) is 5.11 Å². The summed E-state index contributed by atoms with van der Waals surface area (Å²) >= 11 is 0. The molecule has 0 saturated carbocycles. The first-order valence-electron chi connectivity index (χ1n) is 2.45. The minimum Gasteiger partial charge on any atom is -0.477 e. The Labute approximate surface area is 68.6 Å². The van der Waals surface area contributed by atoms with Crippen LogP contribution in [0.1, 0.15) is 10.5 Å². The molecule has 0 amide bonds. The molecular formula is C6H5MnNO2. The Hall–Kier alpha value is -0.861. The zero-order valence-corrected chi connectivity index (χ0v) is 6.17. The fourth-order valence-corrected chi connectivity index (χ4v) is 0.489. The Balaban J connectivity index is 0.000000810. The summed E-state index contributed by atoms with van der Waals surface area (Å²) in [6, 6.07) is 4.76. The summed E-state index contributed by atoms with van der Waals surface area (Å²) in [5.41, 5.74) is 0.0810. The van der Waals surface area contributed by atoms with Gasteiger partial charge in [-0.05, 0) is 12.1 Å². The van der Waals surface area contributed by atoms with Crippen molar-refractivity contribution >= 4 is 5.97 Å². The molecule has 0 fully saturated rings. The number of carboxylic acids is 1. The fraction of sp³-hybridized carbons (Fsp3) is 0. The van der Waals surface area contributed by atoms with Gasteiger partial charge in [0, 0.05) is 23.3 Å². The minimum atomic E-state index is -0.990. The number of carbonyl (C=O) groups is 1. The molecule has 0 unspecified atom stereocenters. The van der Waals surface area contributed by atoms with Crippen LogP contribution in [0.5, 0.6) is 0 Å². The molecule has 0 aliphatic heterocycles. The molecule has 1 N–H and O–H groups in total. The third kappa shape index (κ3) is 2.17. The van der Waals surface area contributed by atoms with Gasteiger partial charge in [-0.3, -0.25) is 0 Å². The second kappa shape index (κ2) is 4.04. The van der Waals surface area contributed by atoms with Gasteiger partial charge in [0.2, 0.25) is 0 Å². The molecule has 0 aliphatic carbocycles. The van der Waals surface area contributed by atoms with Gasteiger partial charge in [-0.1, -0.05) is 6.07 Å². The molecule has 1 heterocycles. The van der Waals surface area contributed by atoms with Crippen LogP contribution in [0, 0.1) is 0 Å². The van der Waals surface area contributed by atoms with E-state index in [-0.39, 0.29) is 22.8 Å². The van der Waals surface area contributed by atoms with Gasteiger partial charge in [0.25, 0.3) is 0 Å². The molecule has 0 aromatic carbocycles. The van der Waals surface area contributed by atoms with Gasteiger partial charge < -0.3 is 5.11 Å². The van der Waals surface area contributed by atoms with Crippen molar-refractivity contribution in [3.05, 3.63) is 30.1 Å². The number of carboxylic acid groups (broad SMARTS) is 1. The fourth-order valence-electron chi connectivity index (χ4n) is 0.489. The van der Waals surface area contributed by atoms with Crippen LogP contribution in [0.25, 0.3) is 0 Å². The molecule has 0 bridgehead atoms. The van der Waals surface area contributed by atoms with Crippen molar-refractivity contribution in [3.8, 4) is 0 Å². The van der Waals surface area contributed by atoms with Crippen LogP contribution in [0.15, 0.2) is 24.4 Å². The number of aromatic carboxylic acids is 1. The smallest absolute Gasteiger partial charge is 0.354 e. The summed E-state index contributed by atoms with van der Waals surface area (Å²) in [7, 11) is 0. The zero-order chi connectivity index (χ0) is 6.69.